The van der Waals surface area contributed by atoms with Crippen molar-refractivity contribution in [3.8, 4) is 17.2 Å². The first-order chi connectivity index (χ1) is 15.1. The molecule has 8 nitrogen and oxygen atoms in total. The lowest BCUT2D eigenvalue weighted by Gasteiger charge is -2.26. The molecule has 176 valence electrons. The predicted molar refractivity (Wildman–Crippen MR) is 122 cm³/mol. The van der Waals surface area contributed by atoms with Crippen molar-refractivity contribution in [2.75, 3.05) is 20.5 Å². The van der Waals surface area contributed by atoms with Crippen molar-refractivity contribution in [2.45, 2.75) is 45.9 Å². The second-order valence-electron chi connectivity index (χ2n) is 7.51. The van der Waals surface area contributed by atoms with Gasteiger partial charge in [0.1, 0.15) is 12.4 Å². The molecule has 0 aliphatic heterocycles. The number of methoxy groups -OCH3 is 2. The van der Waals surface area contributed by atoms with Crippen molar-refractivity contribution in [1.29, 1.82) is 0 Å². The van der Waals surface area contributed by atoms with Crippen molar-refractivity contribution in [2.24, 2.45) is 0 Å². The van der Waals surface area contributed by atoms with Crippen molar-refractivity contribution in [3.05, 3.63) is 53.1 Å². The number of carbonyl (C=O) groups excluding carboxylic acids is 1. The van der Waals surface area contributed by atoms with Gasteiger partial charge in [0.25, 0.3) is 10.1 Å². The number of carbonyl (C=O) groups is 1. The number of ether oxygens (including phenoxy) is 3. The highest BCUT2D eigenvalue weighted by atomic mass is 32.2. The van der Waals surface area contributed by atoms with Gasteiger partial charge in [0.2, 0.25) is 5.91 Å². The van der Waals surface area contributed by atoms with Gasteiger partial charge in [0.15, 0.2) is 11.5 Å². The molecular formula is C23H31NO7S. The Hall–Kier alpha value is -2.78. The molecule has 1 N–H and O–H groups in total. The Kier molecular flexibility index (Phi) is 8.91. The SMILES string of the molecule is COc1cc(OC)c(C(C)NC(C)=O)c(CC(C)OS(C)(=O)=O)c1OCc1ccccc1. The normalized spacial score (nSPS) is 13.2. The Morgan fingerprint density at radius 2 is 1.69 bits per heavy atom. The molecule has 0 heterocycles. The van der Waals surface area contributed by atoms with E-state index in [0.29, 0.717) is 28.4 Å². The molecule has 2 aromatic rings. The first-order valence-corrected chi connectivity index (χ1v) is 12.0. The maximum atomic E-state index is 11.8. The lowest BCUT2D eigenvalue weighted by molar-refractivity contribution is -0.119. The topological polar surface area (TPSA) is 100 Å². The molecule has 2 unspecified atom stereocenters. The van der Waals surface area contributed by atoms with Crippen LogP contribution in [-0.2, 0) is 32.1 Å². The number of rotatable bonds is 11. The lowest BCUT2D eigenvalue weighted by atomic mass is 9.94. The van der Waals surface area contributed by atoms with E-state index in [0.717, 1.165) is 11.8 Å². The molecule has 0 aliphatic rings. The second kappa shape index (κ2) is 11.2. The molecule has 32 heavy (non-hydrogen) atoms. The number of amides is 1. The summed E-state index contributed by atoms with van der Waals surface area (Å²) in [5, 5.41) is 2.86. The monoisotopic (exact) mass is 465 g/mol. The van der Waals surface area contributed by atoms with Crippen LogP contribution in [0.2, 0.25) is 0 Å². The number of benzene rings is 2. The van der Waals surface area contributed by atoms with Crippen LogP contribution < -0.4 is 19.5 Å². The molecule has 0 saturated carbocycles. The van der Waals surface area contributed by atoms with Gasteiger partial charge in [-0.1, -0.05) is 30.3 Å². The third kappa shape index (κ3) is 7.13. The van der Waals surface area contributed by atoms with Gasteiger partial charge in [-0.3, -0.25) is 8.98 Å². The third-order valence-corrected chi connectivity index (χ3v) is 5.38. The molecule has 2 atom stereocenters. The van der Waals surface area contributed by atoms with E-state index < -0.39 is 22.3 Å². The quantitative estimate of drug-likeness (QED) is 0.508. The summed E-state index contributed by atoms with van der Waals surface area (Å²) in [5.74, 6) is 1.14. The summed E-state index contributed by atoms with van der Waals surface area (Å²) >= 11 is 0. The molecule has 9 heteroatoms. The maximum absolute atomic E-state index is 11.8. The van der Waals surface area contributed by atoms with Crippen LogP contribution in [0.15, 0.2) is 36.4 Å². The molecule has 1 amide bonds. The zero-order valence-corrected chi connectivity index (χ0v) is 20.1. The van der Waals surface area contributed by atoms with Crippen LogP contribution in [0.4, 0.5) is 0 Å². The molecule has 0 aromatic heterocycles. The summed E-state index contributed by atoms with van der Waals surface area (Å²) in [6.45, 7) is 5.17. The fourth-order valence-electron chi connectivity index (χ4n) is 3.56. The van der Waals surface area contributed by atoms with Crippen LogP contribution in [0.3, 0.4) is 0 Å². The zero-order valence-electron chi connectivity index (χ0n) is 19.3. The van der Waals surface area contributed by atoms with Gasteiger partial charge >= 0.3 is 0 Å². The van der Waals surface area contributed by atoms with Gasteiger partial charge in [-0.05, 0) is 19.4 Å². The summed E-state index contributed by atoms with van der Waals surface area (Å²) in [6.07, 6.45) is 0.497. The summed E-state index contributed by atoms with van der Waals surface area (Å²) in [6, 6.07) is 10.9. The summed E-state index contributed by atoms with van der Waals surface area (Å²) in [7, 11) is -0.636. The molecule has 0 bridgehead atoms. The molecule has 2 rings (SSSR count). The van der Waals surface area contributed by atoms with Gasteiger partial charge < -0.3 is 19.5 Å². The van der Waals surface area contributed by atoms with Gasteiger partial charge in [-0.2, -0.15) is 8.42 Å². The van der Waals surface area contributed by atoms with Crippen LogP contribution in [0, 0.1) is 0 Å². The number of nitrogens with one attached hydrogen (secondary N) is 1. The Labute approximate surface area is 190 Å². The van der Waals surface area contributed by atoms with Crippen LogP contribution in [0.1, 0.15) is 43.5 Å². The van der Waals surface area contributed by atoms with E-state index in [1.165, 1.54) is 21.1 Å². The van der Waals surface area contributed by atoms with E-state index in [4.69, 9.17) is 18.4 Å². The fraction of sp³-hybridized carbons (Fsp3) is 0.435. The summed E-state index contributed by atoms with van der Waals surface area (Å²) in [5.41, 5.74) is 2.25. The minimum Gasteiger partial charge on any atom is -0.496 e. The molecule has 2 aromatic carbocycles. The van der Waals surface area contributed by atoms with E-state index in [9.17, 15) is 13.2 Å². The standard InChI is InChI=1S/C23H31NO7S/c1-15(31-32(6,26)27)12-19-22(16(2)24-17(3)25)20(28-4)13-21(29-5)23(19)30-14-18-10-8-7-9-11-18/h7-11,13,15-16H,12,14H2,1-6H3,(H,24,25). The molecule has 0 radical (unpaired) electrons. The summed E-state index contributed by atoms with van der Waals surface area (Å²) in [4.78, 5) is 11.8. The third-order valence-electron chi connectivity index (χ3n) is 4.70. The Morgan fingerprint density at radius 1 is 1.06 bits per heavy atom. The van der Waals surface area contributed by atoms with E-state index in [1.54, 1.807) is 13.0 Å². The van der Waals surface area contributed by atoms with Crippen LogP contribution in [0.25, 0.3) is 0 Å². The fourth-order valence-corrected chi connectivity index (χ4v) is 4.23. The second-order valence-corrected chi connectivity index (χ2v) is 9.11. The highest BCUT2D eigenvalue weighted by Crippen LogP contribution is 2.43. The van der Waals surface area contributed by atoms with Crippen molar-refractivity contribution >= 4 is 16.0 Å². The molecule has 0 fully saturated rings. The summed E-state index contributed by atoms with van der Waals surface area (Å²) < 4.78 is 45.8. The Balaban J connectivity index is 2.61. The highest BCUT2D eigenvalue weighted by molar-refractivity contribution is 7.86. The van der Waals surface area contributed by atoms with Gasteiger partial charge in [-0.25, -0.2) is 0 Å². The molecule has 0 saturated heterocycles. The Morgan fingerprint density at radius 3 is 2.22 bits per heavy atom. The van der Waals surface area contributed by atoms with Crippen molar-refractivity contribution in [1.82, 2.24) is 5.32 Å². The van der Waals surface area contributed by atoms with E-state index in [2.05, 4.69) is 5.32 Å². The van der Waals surface area contributed by atoms with Crippen LogP contribution in [-0.4, -0.2) is 40.9 Å². The number of hydrogen-bond donors (Lipinski definition) is 1. The van der Waals surface area contributed by atoms with Gasteiger partial charge in [0, 0.05) is 30.5 Å². The van der Waals surface area contributed by atoms with E-state index in [-0.39, 0.29) is 18.9 Å². The smallest absolute Gasteiger partial charge is 0.264 e. The molecular weight excluding hydrogens is 434 g/mol. The van der Waals surface area contributed by atoms with E-state index in [1.807, 2.05) is 37.3 Å². The van der Waals surface area contributed by atoms with Gasteiger partial charge in [-0.15, -0.1) is 0 Å². The maximum Gasteiger partial charge on any atom is 0.264 e. The molecule has 0 spiro atoms. The van der Waals surface area contributed by atoms with Gasteiger partial charge in [0.05, 0.1) is 32.6 Å². The zero-order chi connectivity index (χ0) is 23.9. The average molecular weight is 466 g/mol. The minimum atomic E-state index is -3.67. The largest absolute Gasteiger partial charge is 0.496 e. The average Bonchev–Trinajstić information content (AvgIpc) is 2.70. The van der Waals surface area contributed by atoms with Crippen molar-refractivity contribution < 1.29 is 31.6 Å². The first-order valence-electron chi connectivity index (χ1n) is 10.2. The first kappa shape index (κ1) is 25.5. The Bertz CT molecular complexity index is 1020. The van der Waals surface area contributed by atoms with Crippen LogP contribution >= 0.6 is 0 Å². The highest BCUT2D eigenvalue weighted by Gasteiger charge is 2.27. The molecule has 0 aliphatic carbocycles. The van der Waals surface area contributed by atoms with Crippen LogP contribution in [0.5, 0.6) is 17.2 Å². The predicted octanol–water partition coefficient (Wildman–Crippen LogP) is 3.39. The number of hydrogen-bond acceptors (Lipinski definition) is 7. The lowest BCUT2D eigenvalue weighted by Crippen LogP contribution is -2.26. The minimum absolute atomic E-state index is 0.185. The van der Waals surface area contributed by atoms with Crippen molar-refractivity contribution in [3.63, 3.8) is 0 Å². The van der Waals surface area contributed by atoms with E-state index >= 15 is 0 Å².